The van der Waals surface area contributed by atoms with Crippen LogP contribution in [0.5, 0.6) is 0 Å². The Morgan fingerprint density at radius 2 is 1.93 bits per heavy atom. The second kappa shape index (κ2) is 3.48. The molecule has 3 aliphatic carbocycles. The fourth-order valence-electron chi connectivity index (χ4n) is 3.87. The van der Waals surface area contributed by atoms with Gasteiger partial charge in [0.15, 0.2) is 0 Å². The first kappa shape index (κ1) is 11.4. The average Bonchev–Trinajstić information content (AvgIpc) is 2.13. The van der Waals surface area contributed by atoms with Gasteiger partial charge in [-0.3, -0.25) is 0 Å². The van der Waals surface area contributed by atoms with E-state index in [1.54, 1.807) is 0 Å². The quantitative estimate of drug-likeness (QED) is 0.755. The van der Waals surface area contributed by atoms with Gasteiger partial charge in [-0.1, -0.05) is 13.8 Å². The number of hydrogen-bond acceptors (Lipinski definition) is 1. The summed E-state index contributed by atoms with van der Waals surface area (Å²) in [6, 6.07) is 0. The molecule has 3 aliphatic rings. The molecule has 0 spiro atoms. The van der Waals surface area contributed by atoms with Gasteiger partial charge in [0.1, 0.15) is 0 Å². The Bertz CT molecular complexity index is 234. The van der Waals surface area contributed by atoms with Crippen LogP contribution in [0.2, 0.25) is 0 Å². The minimum absolute atomic E-state index is 0.0325. The molecule has 2 bridgehead atoms. The molecule has 15 heavy (non-hydrogen) atoms. The van der Waals surface area contributed by atoms with Gasteiger partial charge in [-0.15, -0.1) is 0 Å². The number of hydrogen-bond donors (Lipinski definition) is 1. The minimum atomic E-state index is 0.0325. The van der Waals surface area contributed by atoms with E-state index in [1.807, 2.05) is 0 Å². The van der Waals surface area contributed by atoms with E-state index >= 15 is 0 Å². The third-order valence-electron chi connectivity index (χ3n) is 5.16. The van der Waals surface area contributed by atoms with Crippen LogP contribution in [-0.4, -0.2) is 5.54 Å². The lowest BCUT2D eigenvalue weighted by atomic mass is 9.45. The molecule has 0 aromatic carbocycles. The van der Waals surface area contributed by atoms with Gasteiger partial charge in [-0.05, 0) is 69.1 Å². The van der Waals surface area contributed by atoms with E-state index in [0.29, 0.717) is 5.41 Å². The molecule has 0 aliphatic heterocycles. The van der Waals surface area contributed by atoms with Gasteiger partial charge in [0.05, 0.1) is 0 Å². The molecule has 0 heterocycles. The molecule has 3 fully saturated rings. The van der Waals surface area contributed by atoms with Gasteiger partial charge in [-0.2, -0.15) is 0 Å². The zero-order chi connectivity index (χ0) is 11.3. The summed E-state index contributed by atoms with van der Waals surface area (Å²) in [7, 11) is 0. The van der Waals surface area contributed by atoms with Crippen LogP contribution in [-0.2, 0) is 0 Å². The van der Waals surface area contributed by atoms with Gasteiger partial charge in [0.25, 0.3) is 0 Å². The zero-order valence-corrected chi connectivity index (χ0v) is 10.8. The first-order valence-corrected chi connectivity index (χ1v) is 6.59. The van der Waals surface area contributed by atoms with Crippen molar-refractivity contribution in [1.29, 1.82) is 0 Å². The smallest absolute Gasteiger partial charge is 0.00971 e. The summed E-state index contributed by atoms with van der Waals surface area (Å²) in [6.45, 7) is 9.27. The van der Waals surface area contributed by atoms with Gasteiger partial charge < -0.3 is 5.73 Å². The van der Waals surface area contributed by atoms with E-state index in [9.17, 15) is 0 Å². The molecular weight excluding hydrogens is 182 g/mol. The highest BCUT2D eigenvalue weighted by molar-refractivity contribution is 5.03. The van der Waals surface area contributed by atoms with Crippen LogP contribution in [0.3, 0.4) is 0 Å². The summed E-state index contributed by atoms with van der Waals surface area (Å²) in [5.41, 5.74) is 6.75. The van der Waals surface area contributed by atoms with Crippen LogP contribution in [0.4, 0.5) is 0 Å². The Labute approximate surface area is 94.8 Å². The molecule has 3 atom stereocenters. The monoisotopic (exact) mass is 209 g/mol. The summed E-state index contributed by atoms with van der Waals surface area (Å²) in [6.07, 6.45) is 6.98. The Kier molecular flexibility index (Phi) is 2.65. The first-order chi connectivity index (χ1) is 6.81. The molecule has 1 heteroatoms. The molecule has 0 radical (unpaired) electrons. The largest absolute Gasteiger partial charge is 0.326 e. The van der Waals surface area contributed by atoms with E-state index in [4.69, 9.17) is 5.73 Å². The normalized spacial score (nSPS) is 38.6. The Hall–Kier alpha value is -0.0400. The number of rotatable bonds is 3. The summed E-state index contributed by atoms with van der Waals surface area (Å²) in [5.74, 6) is 3.00. The molecule has 3 saturated carbocycles. The molecule has 3 rings (SSSR count). The van der Waals surface area contributed by atoms with Crippen LogP contribution < -0.4 is 5.73 Å². The van der Waals surface area contributed by atoms with Gasteiger partial charge in [-0.25, -0.2) is 0 Å². The second-order valence-corrected chi connectivity index (χ2v) is 7.23. The van der Waals surface area contributed by atoms with Crippen LogP contribution in [0.15, 0.2) is 0 Å². The van der Waals surface area contributed by atoms with Crippen LogP contribution in [0.1, 0.15) is 59.8 Å². The van der Waals surface area contributed by atoms with Crippen LogP contribution in [0.25, 0.3) is 0 Å². The Balaban J connectivity index is 1.89. The standard InChI is InChI=1S/C14H27N/c1-13(2,15)8-7-10-5-6-11-9-12(10)14(11,3)4/h10-12H,5-9,15H2,1-4H3/t10?,11-,12-/m0/s1. The van der Waals surface area contributed by atoms with Crippen molar-refractivity contribution in [3.63, 3.8) is 0 Å². The third kappa shape index (κ3) is 2.08. The van der Waals surface area contributed by atoms with E-state index in [-0.39, 0.29) is 5.54 Å². The Morgan fingerprint density at radius 3 is 2.40 bits per heavy atom. The molecule has 1 unspecified atom stereocenters. The van der Waals surface area contributed by atoms with E-state index in [2.05, 4.69) is 27.7 Å². The molecular formula is C14H27N. The summed E-state index contributed by atoms with van der Waals surface area (Å²) < 4.78 is 0. The van der Waals surface area contributed by atoms with Crippen molar-refractivity contribution in [2.75, 3.05) is 0 Å². The van der Waals surface area contributed by atoms with Crippen LogP contribution >= 0.6 is 0 Å². The highest BCUT2D eigenvalue weighted by Gasteiger charge is 2.53. The number of fused-ring (bicyclic) bond motifs is 2. The summed E-state index contributed by atoms with van der Waals surface area (Å²) in [4.78, 5) is 0. The average molecular weight is 209 g/mol. The fourth-order valence-corrected chi connectivity index (χ4v) is 3.87. The van der Waals surface area contributed by atoms with Crippen LogP contribution in [0, 0.1) is 23.2 Å². The predicted octanol–water partition coefficient (Wildman–Crippen LogP) is 3.58. The maximum absolute atomic E-state index is 6.08. The SMILES string of the molecule is CC(C)(N)CCC1CC[C@H]2C[C@@H]1C2(C)C. The van der Waals surface area contributed by atoms with Crippen molar-refractivity contribution >= 4 is 0 Å². The predicted molar refractivity (Wildman–Crippen MR) is 65.6 cm³/mol. The van der Waals surface area contributed by atoms with Crippen molar-refractivity contribution in [3.8, 4) is 0 Å². The lowest BCUT2D eigenvalue weighted by Crippen LogP contribution is -2.52. The van der Waals surface area contributed by atoms with Crippen molar-refractivity contribution in [2.45, 2.75) is 65.3 Å². The molecule has 0 aromatic heterocycles. The molecule has 0 amide bonds. The maximum atomic E-state index is 6.08. The highest BCUT2D eigenvalue weighted by Crippen LogP contribution is 2.62. The van der Waals surface area contributed by atoms with Crippen molar-refractivity contribution in [2.24, 2.45) is 28.9 Å². The highest BCUT2D eigenvalue weighted by atomic mass is 14.7. The van der Waals surface area contributed by atoms with Gasteiger partial charge in [0, 0.05) is 5.54 Å². The summed E-state index contributed by atoms with van der Waals surface area (Å²) in [5, 5.41) is 0. The molecule has 1 nitrogen and oxygen atoms in total. The molecule has 0 saturated heterocycles. The van der Waals surface area contributed by atoms with E-state index in [0.717, 1.165) is 17.8 Å². The van der Waals surface area contributed by atoms with E-state index in [1.165, 1.54) is 32.1 Å². The maximum Gasteiger partial charge on any atom is 0.00971 e. The zero-order valence-electron chi connectivity index (χ0n) is 10.8. The van der Waals surface area contributed by atoms with Crippen molar-refractivity contribution in [1.82, 2.24) is 0 Å². The van der Waals surface area contributed by atoms with Crippen molar-refractivity contribution < 1.29 is 0 Å². The van der Waals surface area contributed by atoms with Gasteiger partial charge >= 0.3 is 0 Å². The minimum Gasteiger partial charge on any atom is -0.326 e. The van der Waals surface area contributed by atoms with Crippen molar-refractivity contribution in [3.05, 3.63) is 0 Å². The fraction of sp³-hybridized carbons (Fsp3) is 1.00. The lowest BCUT2D eigenvalue weighted by Gasteiger charge is -2.60. The summed E-state index contributed by atoms with van der Waals surface area (Å²) >= 11 is 0. The lowest BCUT2D eigenvalue weighted by molar-refractivity contribution is -0.108. The molecule has 2 N–H and O–H groups in total. The first-order valence-electron chi connectivity index (χ1n) is 6.59. The third-order valence-corrected chi connectivity index (χ3v) is 5.16. The van der Waals surface area contributed by atoms with Gasteiger partial charge in [0.2, 0.25) is 0 Å². The second-order valence-electron chi connectivity index (χ2n) is 7.23. The molecule has 0 aromatic rings. The van der Waals surface area contributed by atoms with E-state index < -0.39 is 0 Å². The Morgan fingerprint density at radius 1 is 1.27 bits per heavy atom. The molecule has 88 valence electrons. The topological polar surface area (TPSA) is 26.0 Å². The number of nitrogens with two attached hydrogens (primary N) is 1.